The molecule has 0 bridgehead atoms. The second-order valence-corrected chi connectivity index (χ2v) is 7.81. The number of aromatic carboxylic acids is 1. The van der Waals surface area contributed by atoms with Gasteiger partial charge in [0.2, 0.25) is 5.91 Å². The summed E-state index contributed by atoms with van der Waals surface area (Å²) in [7, 11) is 1.54. The molecule has 1 atom stereocenters. The molecule has 0 unspecified atom stereocenters. The molecular formula is C20H26F2N2O4. The van der Waals surface area contributed by atoms with Crippen LogP contribution in [0.3, 0.4) is 0 Å². The van der Waals surface area contributed by atoms with E-state index in [4.69, 9.17) is 4.74 Å². The van der Waals surface area contributed by atoms with Crippen molar-refractivity contribution in [2.45, 2.75) is 31.7 Å². The van der Waals surface area contributed by atoms with Gasteiger partial charge in [-0.05, 0) is 24.5 Å². The van der Waals surface area contributed by atoms with Gasteiger partial charge in [0.1, 0.15) is 0 Å². The van der Waals surface area contributed by atoms with Crippen molar-refractivity contribution in [3.8, 4) is 0 Å². The van der Waals surface area contributed by atoms with Crippen molar-refractivity contribution in [3.05, 3.63) is 35.4 Å². The molecule has 0 aliphatic carbocycles. The predicted molar refractivity (Wildman–Crippen MR) is 98.4 cm³/mol. The predicted octanol–water partition coefficient (Wildman–Crippen LogP) is 2.48. The molecular weight excluding hydrogens is 370 g/mol. The maximum atomic E-state index is 14.6. The Hall–Kier alpha value is -2.06. The molecule has 2 saturated heterocycles. The maximum Gasteiger partial charge on any atom is 0.336 e. The number of piperidine rings is 2. The molecule has 2 heterocycles. The Morgan fingerprint density at radius 1 is 1.29 bits per heavy atom. The molecule has 8 heteroatoms. The largest absolute Gasteiger partial charge is 0.478 e. The lowest BCUT2D eigenvalue weighted by atomic mass is 9.71. The summed E-state index contributed by atoms with van der Waals surface area (Å²) in [6, 6.07) is 6.40. The van der Waals surface area contributed by atoms with E-state index >= 15 is 0 Å². The second kappa shape index (κ2) is 8.13. The number of nitrogens with zero attached hydrogens (tertiary/aromatic N) is 2. The van der Waals surface area contributed by atoms with Gasteiger partial charge in [0.15, 0.2) is 0 Å². The van der Waals surface area contributed by atoms with E-state index in [1.165, 1.54) is 11.0 Å². The van der Waals surface area contributed by atoms with Crippen LogP contribution in [0.25, 0.3) is 0 Å². The summed E-state index contributed by atoms with van der Waals surface area (Å²) in [5, 5.41) is 9.36. The van der Waals surface area contributed by atoms with Gasteiger partial charge in [0.05, 0.1) is 24.1 Å². The second-order valence-electron chi connectivity index (χ2n) is 7.81. The van der Waals surface area contributed by atoms with Crippen LogP contribution in [0.1, 0.15) is 35.2 Å². The van der Waals surface area contributed by atoms with Gasteiger partial charge >= 0.3 is 5.97 Å². The average molecular weight is 396 g/mol. The molecule has 1 spiro atoms. The van der Waals surface area contributed by atoms with Crippen LogP contribution in [0, 0.1) is 5.41 Å². The van der Waals surface area contributed by atoms with Gasteiger partial charge < -0.3 is 14.7 Å². The number of ether oxygens (including phenoxy) is 1. The summed E-state index contributed by atoms with van der Waals surface area (Å²) in [6.07, 6.45) is 0.631. The zero-order valence-corrected chi connectivity index (χ0v) is 16.0. The number of carbonyl (C=O) groups is 2. The Balaban J connectivity index is 1.83. The van der Waals surface area contributed by atoms with Crippen molar-refractivity contribution in [1.82, 2.24) is 9.80 Å². The monoisotopic (exact) mass is 396 g/mol. The van der Waals surface area contributed by atoms with Gasteiger partial charge in [-0.3, -0.25) is 9.69 Å². The zero-order valence-electron chi connectivity index (χ0n) is 16.0. The van der Waals surface area contributed by atoms with Crippen molar-refractivity contribution in [3.63, 3.8) is 0 Å². The third-order valence-corrected chi connectivity index (χ3v) is 5.61. The molecule has 0 aromatic heterocycles. The lowest BCUT2D eigenvalue weighted by Gasteiger charge is -2.49. The minimum Gasteiger partial charge on any atom is -0.478 e. The standard InChI is InChI=1S/C20H26F2N2O4/c1-28-10-9-24-8-4-7-19(18(24)27)12-20(21,22)14-23(13-19)11-15-5-2-3-6-16(15)17(25)26/h2-3,5-6H,4,7-14H2,1H3,(H,25,26)/t19-/m1/s1. The van der Waals surface area contributed by atoms with Crippen LogP contribution in [0.2, 0.25) is 0 Å². The number of rotatable bonds is 6. The third-order valence-electron chi connectivity index (χ3n) is 5.61. The fraction of sp³-hybridized carbons (Fsp3) is 0.600. The van der Waals surface area contributed by atoms with Crippen molar-refractivity contribution in [2.75, 3.05) is 39.9 Å². The summed E-state index contributed by atoms with van der Waals surface area (Å²) in [5.41, 5.74) is -0.559. The minimum atomic E-state index is -3.00. The van der Waals surface area contributed by atoms with Crippen LogP contribution in [0.4, 0.5) is 8.78 Å². The first-order valence-electron chi connectivity index (χ1n) is 9.46. The first kappa shape index (κ1) is 20.7. The van der Waals surface area contributed by atoms with Crippen molar-refractivity contribution < 1.29 is 28.2 Å². The van der Waals surface area contributed by atoms with Gasteiger partial charge in [-0.15, -0.1) is 0 Å². The molecule has 2 aliphatic heterocycles. The molecule has 28 heavy (non-hydrogen) atoms. The van der Waals surface area contributed by atoms with Gasteiger partial charge in [0.25, 0.3) is 5.92 Å². The number of methoxy groups -OCH3 is 1. The molecule has 1 aromatic carbocycles. The van der Waals surface area contributed by atoms with E-state index in [0.717, 1.165) is 0 Å². The quantitative estimate of drug-likeness (QED) is 0.800. The fourth-order valence-electron chi connectivity index (χ4n) is 4.52. The topological polar surface area (TPSA) is 70.1 Å². The first-order chi connectivity index (χ1) is 13.3. The first-order valence-corrected chi connectivity index (χ1v) is 9.46. The van der Waals surface area contributed by atoms with E-state index in [9.17, 15) is 23.5 Å². The van der Waals surface area contributed by atoms with E-state index in [-0.39, 0.29) is 24.6 Å². The zero-order chi connectivity index (χ0) is 20.4. The Bertz CT molecular complexity index is 743. The summed E-state index contributed by atoms with van der Waals surface area (Å²) in [4.78, 5) is 27.7. The molecule has 6 nitrogen and oxygen atoms in total. The molecule has 3 rings (SSSR count). The van der Waals surface area contributed by atoms with Crippen molar-refractivity contribution in [2.24, 2.45) is 5.41 Å². The van der Waals surface area contributed by atoms with Crippen molar-refractivity contribution in [1.29, 1.82) is 0 Å². The van der Waals surface area contributed by atoms with Crippen LogP contribution in [-0.4, -0.2) is 72.6 Å². The summed E-state index contributed by atoms with van der Waals surface area (Å²) < 4.78 is 34.3. The number of hydrogen-bond acceptors (Lipinski definition) is 4. The van der Waals surface area contributed by atoms with E-state index in [1.807, 2.05) is 0 Å². The molecule has 0 radical (unpaired) electrons. The van der Waals surface area contributed by atoms with Crippen LogP contribution >= 0.6 is 0 Å². The Kier molecular flexibility index (Phi) is 6.00. The number of alkyl halides is 2. The molecule has 2 aliphatic rings. The highest BCUT2D eigenvalue weighted by molar-refractivity contribution is 5.89. The number of carbonyl (C=O) groups excluding carboxylic acids is 1. The molecule has 1 amide bonds. The number of carboxylic acid groups (broad SMARTS) is 1. The summed E-state index contributed by atoms with van der Waals surface area (Å²) in [5.74, 6) is -4.34. The summed E-state index contributed by atoms with van der Waals surface area (Å²) in [6.45, 7) is 1.12. The molecule has 1 aromatic rings. The Morgan fingerprint density at radius 2 is 2.04 bits per heavy atom. The Morgan fingerprint density at radius 3 is 2.75 bits per heavy atom. The number of hydrogen-bond donors (Lipinski definition) is 1. The third kappa shape index (κ3) is 4.33. The Labute approximate surface area is 163 Å². The average Bonchev–Trinajstić information content (AvgIpc) is 2.62. The number of likely N-dealkylation sites (tertiary alicyclic amines) is 2. The lowest BCUT2D eigenvalue weighted by Crippen LogP contribution is -2.61. The highest BCUT2D eigenvalue weighted by Gasteiger charge is 2.55. The van der Waals surface area contributed by atoms with Gasteiger partial charge in [-0.1, -0.05) is 18.2 Å². The number of benzene rings is 1. The van der Waals surface area contributed by atoms with Crippen LogP contribution in [-0.2, 0) is 16.1 Å². The number of carboxylic acids is 1. The van der Waals surface area contributed by atoms with E-state index < -0.39 is 30.3 Å². The summed E-state index contributed by atoms with van der Waals surface area (Å²) >= 11 is 0. The normalized spacial score (nSPS) is 25.2. The minimum absolute atomic E-state index is 0.0746. The molecule has 2 fully saturated rings. The molecule has 154 valence electrons. The highest BCUT2D eigenvalue weighted by atomic mass is 19.3. The molecule has 1 N–H and O–H groups in total. The van der Waals surface area contributed by atoms with Crippen LogP contribution in [0.15, 0.2) is 24.3 Å². The molecule has 0 saturated carbocycles. The van der Waals surface area contributed by atoms with Crippen LogP contribution in [0.5, 0.6) is 0 Å². The smallest absolute Gasteiger partial charge is 0.336 e. The number of halogens is 2. The van der Waals surface area contributed by atoms with Crippen molar-refractivity contribution >= 4 is 11.9 Å². The van der Waals surface area contributed by atoms with E-state index in [2.05, 4.69) is 0 Å². The highest BCUT2D eigenvalue weighted by Crippen LogP contribution is 2.45. The SMILES string of the molecule is COCCN1CCC[C@@]2(CN(Cc3ccccc3C(=O)O)CC(F)(F)C2)C1=O. The van der Waals surface area contributed by atoms with Crippen LogP contribution < -0.4 is 0 Å². The lowest BCUT2D eigenvalue weighted by molar-refractivity contribution is -0.170. The van der Waals surface area contributed by atoms with E-state index in [0.29, 0.717) is 38.1 Å². The van der Waals surface area contributed by atoms with Gasteiger partial charge in [-0.2, -0.15) is 0 Å². The number of amides is 1. The van der Waals surface area contributed by atoms with Gasteiger partial charge in [-0.25, -0.2) is 13.6 Å². The maximum absolute atomic E-state index is 14.6. The van der Waals surface area contributed by atoms with E-state index in [1.54, 1.807) is 30.2 Å². The fourth-order valence-corrected chi connectivity index (χ4v) is 4.52. The van der Waals surface area contributed by atoms with Gasteiger partial charge in [0, 0.05) is 39.7 Å².